The minimum Gasteiger partial charge on any atom is -0.309 e. The molecule has 2 aromatic rings. The van der Waals surface area contributed by atoms with E-state index < -0.39 is 0 Å². The number of nitrogens with one attached hydrogen (secondary N) is 1. The highest BCUT2D eigenvalue weighted by molar-refractivity contribution is 9.10. The Morgan fingerprint density at radius 1 is 1.16 bits per heavy atom. The van der Waals surface area contributed by atoms with Crippen LogP contribution in [0.2, 0.25) is 5.02 Å². The standard InChI is InChI=1S/C16H17BrClN/c1-3-11-4-6-12(7-5-11)16(19-2)14-10-13(18)8-9-15(14)17/h4-10,16,19H,3H2,1-2H3. The molecule has 0 heterocycles. The van der Waals surface area contributed by atoms with Gasteiger partial charge in [0.1, 0.15) is 0 Å². The average Bonchev–Trinajstić information content (AvgIpc) is 2.44. The Morgan fingerprint density at radius 3 is 2.42 bits per heavy atom. The van der Waals surface area contributed by atoms with Gasteiger partial charge in [-0.1, -0.05) is 58.7 Å². The van der Waals surface area contributed by atoms with Gasteiger partial charge in [-0.05, 0) is 48.4 Å². The van der Waals surface area contributed by atoms with Crippen LogP contribution in [0.3, 0.4) is 0 Å². The summed E-state index contributed by atoms with van der Waals surface area (Å²) < 4.78 is 1.07. The molecule has 0 spiro atoms. The summed E-state index contributed by atoms with van der Waals surface area (Å²) in [5.41, 5.74) is 3.74. The van der Waals surface area contributed by atoms with Crippen molar-refractivity contribution in [2.45, 2.75) is 19.4 Å². The van der Waals surface area contributed by atoms with Crippen molar-refractivity contribution in [1.29, 1.82) is 0 Å². The van der Waals surface area contributed by atoms with Gasteiger partial charge in [-0.25, -0.2) is 0 Å². The Morgan fingerprint density at radius 2 is 1.84 bits per heavy atom. The largest absolute Gasteiger partial charge is 0.309 e. The molecule has 1 N–H and O–H groups in total. The maximum Gasteiger partial charge on any atom is 0.0585 e. The first-order chi connectivity index (χ1) is 9.15. The van der Waals surface area contributed by atoms with Crippen molar-refractivity contribution in [3.05, 3.63) is 68.7 Å². The van der Waals surface area contributed by atoms with Crippen molar-refractivity contribution in [2.75, 3.05) is 7.05 Å². The summed E-state index contributed by atoms with van der Waals surface area (Å²) in [4.78, 5) is 0. The van der Waals surface area contributed by atoms with Gasteiger partial charge in [0, 0.05) is 9.50 Å². The van der Waals surface area contributed by atoms with Gasteiger partial charge in [-0.2, -0.15) is 0 Å². The summed E-state index contributed by atoms with van der Waals surface area (Å²) in [5.74, 6) is 0. The molecule has 2 aromatic carbocycles. The number of halogens is 2. The van der Waals surface area contributed by atoms with Crippen LogP contribution in [-0.2, 0) is 6.42 Å². The first-order valence-electron chi connectivity index (χ1n) is 6.36. The van der Waals surface area contributed by atoms with Crippen LogP contribution in [0, 0.1) is 0 Å². The first kappa shape index (κ1) is 14.6. The number of benzene rings is 2. The van der Waals surface area contributed by atoms with Crippen LogP contribution in [-0.4, -0.2) is 7.05 Å². The van der Waals surface area contributed by atoms with Gasteiger partial charge in [-0.15, -0.1) is 0 Å². The molecule has 1 nitrogen and oxygen atoms in total. The normalized spacial score (nSPS) is 12.4. The predicted molar refractivity (Wildman–Crippen MR) is 85.9 cm³/mol. The van der Waals surface area contributed by atoms with E-state index in [0.29, 0.717) is 0 Å². The molecule has 0 amide bonds. The zero-order valence-electron chi connectivity index (χ0n) is 11.1. The highest BCUT2D eigenvalue weighted by Gasteiger charge is 2.15. The number of hydrogen-bond donors (Lipinski definition) is 1. The van der Waals surface area contributed by atoms with E-state index >= 15 is 0 Å². The molecule has 0 aliphatic heterocycles. The molecule has 3 heteroatoms. The van der Waals surface area contributed by atoms with E-state index in [1.54, 1.807) is 0 Å². The van der Waals surface area contributed by atoms with Crippen LogP contribution < -0.4 is 5.32 Å². The predicted octanol–water partition coefficient (Wildman–Crippen LogP) is 4.97. The van der Waals surface area contributed by atoms with E-state index in [0.717, 1.165) is 21.5 Å². The third kappa shape index (κ3) is 3.38. The van der Waals surface area contributed by atoms with Crippen LogP contribution in [0.25, 0.3) is 0 Å². The number of aryl methyl sites for hydroxylation is 1. The lowest BCUT2D eigenvalue weighted by Gasteiger charge is -2.19. The van der Waals surface area contributed by atoms with Gasteiger partial charge in [-0.3, -0.25) is 0 Å². The molecule has 0 radical (unpaired) electrons. The molecule has 0 aliphatic rings. The molecule has 0 bridgehead atoms. The lowest BCUT2D eigenvalue weighted by atomic mass is 9.97. The fraction of sp³-hybridized carbons (Fsp3) is 0.250. The number of hydrogen-bond acceptors (Lipinski definition) is 1. The smallest absolute Gasteiger partial charge is 0.0585 e. The second-order valence-electron chi connectivity index (χ2n) is 4.48. The molecule has 0 saturated carbocycles. The van der Waals surface area contributed by atoms with E-state index in [-0.39, 0.29) is 6.04 Å². The molecule has 19 heavy (non-hydrogen) atoms. The van der Waals surface area contributed by atoms with Crippen LogP contribution in [0.1, 0.15) is 29.7 Å². The monoisotopic (exact) mass is 337 g/mol. The topological polar surface area (TPSA) is 12.0 Å². The highest BCUT2D eigenvalue weighted by atomic mass is 79.9. The minimum absolute atomic E-state index is 0.138. The van der Waals surface area contributed by atoms with Crippen molar-refractivity contribution < 1.29 is 0 Å². The number of rotatable bonds is 4. The summed E-state index contributed by atoms with van der Waals surface area (Å²) in [5, 5.41) is 4.10. The van der Waals surface area contributed by atoms with Gasteiger partial charge < -0.3 is 5.32 Å². The molecule has 1 unspecified atom stereocenters. The maximum absolute atomic E-state index is 6.10. The van der Waals surface area contributed by atoms with Crippen molar-refractivity contribution in [3.8, 4) is 0 Å². The van der Waals surface area contributed by atoms with E-state index in [2.05, 4.69) is 52.4 Å². The van der Waals surface area contributed by atoms with Gasteiger partial charge in [0.2, 0.25) is 0 Å². The quantitative estimate of drug-likeness (QED) is 0.829. The minimum atomic E-state index is 0.138. The van der Waals surface area contributed by atoms with Crippen LogP contribution >= 0.6 is 27.5 Å². The Kier molecular flexibility index (Phi) is 5.03. The zero-order chi connectivity index (χ0) is 13.8. The molecule has 0 fully saturated rings. The van der Waals surface area contributed by atoms with E-state index in [1.165, 1.54) is 11.1 Å². The van der Waals surface area contributed by atoms with Gasteiger partial charge in [0.05, 0.1) is 6.04 Å². The Bertz CT molecular complexity index is 551. The third-order valence-electron chi connectivity index (χ3n) is 3.28. The molecule has 100 valence electrons. The first-order valence-corrected chi connectivity index (χ1v) is 7.54. The van der Waals surface area contributed by atoms with E-state index in [9.17, 15) is 0 Å². The highest BCUT2D eigenvalue weighted by Crippen LogP contribution is 2.30. The van der Waals surface area contributed by atoms with Crippen LogP contribution in [0.5, 0.6) is 0 Å². The second kappa shape index (κ2) is 6.56. The molecule has 1 atom stereocenters. The van der Waals surface area contributed by atoms with Crippen molar-refractivity contribution in [2.24, 2.45) is 0 Å². The molecule has 0 aromatic heterocycles. The van der Waals surface area contributed by atoms with Crippen LogP contribution in [0.15, 0.2) is 46.9 Å². The third-order valence-corrected chi connectivity index (χ3v) is 4.24. The van der Waals surface area contributed by atoms with Gasteiger partial charge >= 0.3 is 0 Å². The Balaban J connectivity index is 2.40. The summed E-state index contributed by atoms with van der Waals surface area (Å²) in [6, 6.07) is 14.7. The Labute approximate surface area is 128 Å². The fourth-order valence-electron chi connectivity index (χ4n) is 2.18. The zero-order valence-corrected chi connectivity index (χ0v) is 13.4. The summed E-state index contributed by atoms with van der Waals surface area (Å²) in [6.07, 6.45) is 1.06. The van der Waals surface area contributed by atoms with Gasteiger partial charge in [0.25, 0.3) is 0 Å². The Hall–Kier alpha value is -0.830. The fourth-order valence-corrected chi connectivity index (χ4v) is 2.84. The van der Waals surface area contributed by atoms with Crippen molar-refractivity contribution in [3.63, 3.8) is 0 Å². The molecular weight excluding hydrogens is 322 g/mol. The lowest BCUT2D eigenvalue weighted by Crippen LogP contribution is -2.18. The molecule has 2 rings (SSSR count). The van der Waals surface area contributed by atoms with E-state index in [4.69, 9.17) is 11.6 Å². The lowest BCUT2D eigenvalue weighted by molar-refractivity contribution is 0.688. The second-order valence-corrected chi connectivity index (χ2v) is 5.77. The molecular formula is C16H17BrClN. The summed E-state index contributed by atoms with van der Waals surface area (Å²) in [7, 11) is 1.96. The summed E-state index contributed by atoms with van der Waals surface area (Å²) >= 11 is 9.70. The maximum atomic E-state index is 6.10. The van der Waals surface area contributed by atoms with E-state index in [1.807, 2.05) is 25.2 Å². The molecule has 0 saturated heterocycles. The van der Waals surface area contributed by atoms with Crippen molar-refractivity contribution in [1.82, 2.24) is 5.32 Å². The SMILES string of the molecule is CCc1ccc(C(NC)c2cc(Cl)ccc2Br)cc1. The average molecular weight is 339 g/mol. The molecule has 0 aliphatic carbocycles. The van der Waals surface area contributed by atoms with Crippen molar-refractivity contribution >= 4 is 27.5 Å². The van der Waals surface area contributed by atoms with Crippen LogP contribution in [0.4, 0.5) is 0 Å². The van der Waals surface area contributed by atoms with Gasteiger partial charge in [0.15, 0.2) is 0 Å². The summed E-state index contributed by atoms with van der Waals surface area (Å²) in [6.45, 7) is 2.16.